The van der Waals surface area contributed by atoms with Crippen molar-refractivity contribution in [2.24, 2.45) is 0 Å². The van der Waals surface area contributed by atoms with Crippen molar-refractivity contribution in [2.75, 3.05) is 5.32 Å². The highest BCUT2D eigenvalue weighted by molar-refractivity contribution is 6.08. The number of anilines is 1. The summed E-state index contributed by atoms with van der Waals surface area (Å²) in [6.45, 7) is 0. The van der Waals surface area contributed by atoms with Crippen molar-refractivity contribution in [1.82, 2.24) is 9.78 Å². The summed E-state index contributed by atoms with van der Waals surface area (Å²) in [6, 6.07) is 19.1. The third-order valence-corrected chi connectivity index (χ3v) is 4.28. The lowest BCUT2D eigenvalue weighted by Crippen LogP contribution is -2.14. The number of aromatic nitrogens is 2. The first-order valence-corrected chi connectivity index (χ1v) is 8.69. The van der Waals surface area contributed by atoms with Gasteiger partial charge in [0.25, 0.3) is 5.91 Å². The molecule has 0 unspecified atom stereocenters. The fourth-order valence-electron chi connectivity index (χ4n) is 2.87. The number of nitrogens with zero attached hydrogens (tertiary/aromatic N) is 2. The fraction of sp³-hybridized carbons (Fsp3) is 0. The predicted molar refractivity (Wildman–Crippen MR) is 103 cm³/mol. The van der Waals surface area contributed by atoms with Gasteiger partial charge in [-0.25, -0.2) is 17.9 Å². The minimum atomic E-state index is -1.33. The number of nitrogens with one attached hydrogen (secondary N) is 1. The van der Waals surface area contributed by atoms with Crippen LogP contribution in [0, 0.1) is 17.5 Å². The van der Waals surface area contributed by atoms with Crippen LogP contribution in [0.5, 0.6) is 0 Å². The summed E-state index contributed by atoms with van der Waals surface area (Å²) in [5, 5.41) is 6.79. The van der Waals surface area contributed by atoms with Crippen LogP contribution in [-0.4, -0.2) is 15.7 Å². The van der Waals surface area contributed by atoms with Crippen LogP contribution >= 0.6 is 0 Å². The highest BCUT2D eigenvalue weighted by Gasteiger charge is 2.20. The van der Waals surface area contributed by atoms with Gasteiger partial charge >= 0.3 is 0 Å². The summed E-state index contributed by atoms with van der Waals surface area (Å²) in [5.41, 5.74) is 1.47. The van der Waals surface area contributed by atoms with Crippen molar-refractivity contribution in [1.29, 1.82) is 0 Å². The van der Waals surface area contributed by atoms with E-state index in [4.69, 9.17) is 0 Å². The molecule has 4 rings (SSSR count). The van der Waals surface area contributed by atoms with Gasteiger partial charge in [-0.15, -0.1) is 0 Å². The van der Waals surface area contributed by atoms with E-state index in [9.17, 15) is 18.0 Å². The molecule has 1 N–H and O–H groups in total. The van der Waals surface area contributed by atoms with Gasteiger partial charge in [-0.05, 0) is 12.1 Å². The number of amides is 1. The highest BCUT2D eigenvalue weighted by Crippen LogP contribution is 2.26. The summed E-state index contributed by atoms with van der Waals surface area (Å²) >= 11 is 0. The lowest BCUT2D eigenvalue weighted by Gasteiger charge is -2.07. The van der Waals surface area contributed by atoms with Crippen LogP contribution < -0.4 is 5.32 Å². The number of hydrogen-bond donors (Lipinski definition) is 1. The number of carbonyl (C=O) groups is 1. The monoisotopic (exact) mass is 393 g/mol. The molecule has 0 radical (unpaired) electrons. The molecule has 0 fully saturated rings. The Bertz CT molecular complexity index is 1170. The number of rotatable bonds is 4. The normalized spacial score (nSPS) is 10.7. The first-order chi connectivity index (χ1) is 14.0. The molecular formula is C22H14F3N3O. The molecule has 4 aromatic rings. The molecule has 0 saturated heterocycles. The molecule has 1 amide bonds. The molecule has 7 heteroatoms. The Hall–Kier alpha value is -3.87. The molecule has 144 valence electrons. The quantitative estimate of drug-likeness (QED) is 0.484. The molecule has 4 nitrogen and oxygen atoms in total. The zero-order chi connectivity index (χ0) is 20.4. The second kappa shape index (κ2) is 7.63. The van der Waals surface area contributed by atoms with Gasteiger partial charge in [-0.3, -0.25) is 4.79 Å². The maximum atomic E-state index is 14.0. The summed E-state index contributed by atoms with van der Waals surface area (Å²) in [7, 11) is 0. The summed E-state index contributed by atoms with van der Waals surface area (Å²) in [4.78, 5) is 12.9. The SMILES string of the molecule is O=C(Nc1cc(F)c(F)cc1F)c1cn(-c2ccccc2)nc1-c1ccccc1. The second-order valence-electron chi connectivity index (χ2n) is 6.24. The van der Waals surface area contributed by atoms with Gasteiger partial charge < -0.3 is 5.32 Å². The maximum absolute atomic E-state index is 14.0. The minimum Gasteiger partial charge on any atom is -0.319 e. The third kappa shape index (κ3) is 3.75. The predicted octanol–water partition coefficient (Wildman–Crippen LogP) is 5.21. The third-order valence-electron chi connectivity index (χ3n) is 4.28. The number of carbonyl (C=O) groups excluding carboxylic acids is 1. The highest BCUT2D eigenvalue weighted by atomic mass is 19.2. The van der Waals surface area contributed by atoms with Crippen molar-refractivity contribution in [3.05, 3.63) is 102 Å². The van der Waals surface area contributed by atoms with Gasteiger partial charge in [0.15, 0.2) is 11.6 Å². The van der Waals surface area contributed by atoms with Gasteiger partial charge in [-0.1, -0.05) is 48.5 Å². The molecule has 0 spiro atoms. The summed E-state index contributed by atoms with van der Waals surface area (Å²) in [5.74, 6) is -4.36. The first kappa shape index (κ1) is 18.5. The molecule has 1 heterocycles. The van der Waals surface area contributed by atoms with Crippen LogP contribution in [0.4, 0.5) is 18.9 Å². The molecule has 1 aromatic heterocycles. The van der Waals surface area contributed by atoms with Crippen molar-refractivity contribution < 1.29 is 18.0 Å². The molecular weight excluding hydrogens is 379 g/mol. The molecule has 0 aliphatic carbocycles. The average Bonchev–Trinajstić information content (AvgIpc) is 3.19. The van der Waals surface area contributed by atoms with E-state index >= 15 is 0 Å². The van der Waals surface area contributed by atoms with Gasteiger partial charge in [0.1, 0.15) is 11.5 Å². The van der Waals surface area contributed by atoms with Crippen LogP contribution in [0.15, 0.2) is 79.0 Å². The van der Waals surface area contributed by atoms with Crippen molar-refractivity contribution in [3.8, 4) is 16.9 Å². The standard InChI is InChI=1S/C22H14F3N3O/c23-17-11-19(25)20(12-18(17)24)26-22(29)16-13-28(15-9-5-2-6-10-15)27-21(16)14-7-3-1-4-8-14/h1-13H,(H,26,29). The maximum Gasteiger partial charge on any atom is 0.259 e. The van der Waals surface area contributed by atoms with Crippen LogP contribution in [0.3, 0.4) is 0 Å². The van der Waals surface area contributed by atoms with E-state index in [1.807, 2.05) is 36.4 Å². The van der Waals surface area contributed by atoms with Gasteiger partial charge in [-0.2, -0.15) is 5.10 Å². The molecule has 0 aliphatic rings. The minimum absolute atomic E-state index is 0.157. The second-order valence-corrected chi connectivity index (χ2v) is 6.24. The summed E-state index contributed by atoms with van der Waals surface area (Å²) < 4.78 is 42.1. The van der Waals surface area contributed by atoms with Crippen molar-refractivity contribution >= 4 is 11.6 Å². The van der Waals surface area contributed by atoms with E-state index < -0.39 is 29.0 Å². The van der Waals surface area contributed by atoms with Crippen LogP contribution in [0.25, 0.3) is 16.9 Å². The van der Waals surface area contributed by atoms with E-state index in [2.05, 4.69) is 10.4 Å². The van der Waals surface area contributed by atoms with E-state index in [-0.39, 0.29) is 5.56 Å². The Morgan fingerprint density at radius 3 is 2.14 bits per heavy atom. The number of para-hydroxylation sites is 1. The van der Waals surface area contributed by atoms with Crippen molar-refractivity contribution in [3.63, 3.8) is 0 Å². The molecule has 29 heavy (non-hydrogen) atoms. The Balaban J connectivity index is 1.77. The molecule has 0 saturated carbocycles. The van der Waals surface area contributed by atoms with Crippen LogP contribution in [-0.2, 0) is 0 Å². The molecule has 0 atom stereocenters. The average molecular weight is 393 g/mol. The van der Waals surface area contributed by atoms with Crippen molar-refractivity contribution in [2.45, 2.75) is 0 Å². The van der Waals surface area contributed by atoms with E-state index in [0.29, 0.717) is 23.4 Å². The zero-order valence-electron chi connectivity index (χ0n) is 14.9. The van der Waals surface area contributed by atoms with E-state index in [1.165, 1.54) is 10.9 Å². The Morgan fingerprint density at radius 1 is 0.828 bits per heavy atom. The van der Waals surface area contributed by atoms with E-state index in [1.54, 1.807) is 24.3 Å². The van der Waals surface area contributed by atoms with Gasteiger partial charge in [0, 0.05) is 23.9 Å². The number of halogens is 3. The van der Waals surface area contributed by atoms with E-state index in [0.717, 1.165) is 5.69 Å². The Morgan fingerprint density at radius 2 is 1.45 bits per heavy atom. The Kier molecular flexibility index (Phi) is 4.87. The Labute approximate surface area is 164 Å². The molecule has 0 aliphatic heterocycles. The lowest BCUT2D eigenvalue weighted by molar-refractivity contribution is 0.102. The smallest absolute Gasteiger partial charge is 0.259 e. The van der Waals surface area contributed by atoms with Gasteiger partial charge in [0.05, 0.1) is 16.9 Å². The number of hydrogen-bond acceptors (Lipinski definition) is 2. The molecule has 0 bridgehead atoms. The largest absolute Gasteiger partial charge is 0.319 e. The van der Waals surface area contributed by atoms with Crippen LogP contribution in [0.2, 0.25) is 0 Å². The summed E-state index contributed by atoms with van der Waals surface area (Å²) in [6.07, 6.45) is 1.50. The zero-order valence-corrected chi connectivity index (χ0v) is 14.9. The van der Waals surface area contributed by atoms with Gasteiger partial charge in [0.2, 0.25) is 0 Å². The first-order valence-electron chi connectivity index (χ1n) is 8.69. The van der Waals surface area contributed by atoms with Crippen LogP contribution in [0.1, 0.15) is 10.4 Å². The lowest BCUT2D eigenvalue weighted by atomic mass is 10.1. The number of benzene rings is 3. The fourth-order valence-corrected chi connectivity index (χ4v) is 2.87. The topological polar surface area (TPSA) is 46.9 Å². The molecule has 3 aromatic carbocycles.